The molecule has 1 aromatic heterocycles. The molecule has 2 aromatic carbocycles. The molecule has 25 heavy (non-hydrogen) atoms. The third-order valence-electron chi connectivity index (χ3n) is 3.44. The van der Waals surface area contributed by atoms with Crippen molar-refractivity contribution in [2.45, 2.75) is 12.8 Å². The molecule has 3 rings (SSSR count). The number of oxazole rings is 1. The van der Waals surface area contributed by atoms with Crippen molar-refractivity contribution in [3.05, 3.63) is 71.2 Å². The number of nitriles is 1. The van der Waals surface area contributed by atoms with E-state index in [1.54, 1.807) is 6.20 Å². The number of aryl methyl sites for hydroxylation is 1. The van der Waals surface area contributed by atoms with E-state index in [0.717, 1.165) is 5.56 Å². The third-order valence-corrected chi connectivity index (χ3v) is 3.74. The van der Waals surface area contributed by atoms with Crippen LogP contribution in [0.25, 0.3) is 11.3 Å². The Balaban J connectivity index is 1.58. The van der Waals surface area contributed by atoms with Crippen molar-refractivity contribution in [2.24, 2.45) is 0 Å². The smallest absolute Gasteiger partial charge is 0.311 e. The summed E-state index contributed by atoms with van der Waals surface area (Å²) in [6.45, 7) is 0. The van der Waals surface area contributed by atoms with Gasteiger partial charge in [-0.25, -0.2) is 4.98 Å². The Morgan fingerprint density at radius 2 is 2.04 bits per heavy atom. The summed E-state index contributed by atoms with van der Waals surface area (Å²) in [5, 5.41) is 9.01. The van der Waals surface area contributed by atoms with Gasteiger partial charge in [0.2, 0.25) is 0 Å². The number of nitrogens with zero attached hydrogens (tertiary/aromatic N) is 2. The molecule has 0 aliphatic rings. The average Bonchev–Trinajstić information content (AvgIpc) is 3.11. The highest BCUT2D eigenvalue weighted by Crippen LogP contribution is 2.26. The fourth-order valence-corrected chi connectivity index (χ4v) is 2.42. The van der Waals surface area contributed by atoms with Gasteiger partial charge in [0, 0.05) is 12.0 Å². The van der Waals surface area contributed by atoms with E-state index in [2.05, 4.69) is 4.98 Å². The molecule has 1 heterocycles. The van der Waals surface area contributed by atoms with E-state index in [4.69, 9.17) is 26.0 Å². The lowest BCUT2D eigenvalue weighted by Gasteiger charge is -2.05. The maximum atomic E-state index is 12.0. The summed E-state index contributed by atoms with van der Waals surface area (Å²) in [5.74, 6) is 0.884. The quantitative estimate of drug-likeness (QED) is 0.502. The van der Waals surface area contributed by atoms with Gasteiger partial charge in [0.05, 0.1) is 29.3 Å². The van der Waals surface area contributed by atoms with Crippen LogP contribution in [0.5, 0.6) is 5.75 Å². The van der Waals surface area contributed by atoms with E-state index in [1.807, 2.05) is 36.4 Å². The Morgan fingerprint density at radius 1 is 1.24 bits per heavy atom. The van der Waals surface area contributed by atoms with Crippen LogP contribution in [0.2, 0.25) is 5.02 Å². The van der Waals surface area contributed by atoms with Gasteiger partial charge in [-0.1, -0.05) is 41.9 Å². The monoisotopic (exact) mass is 352 g/mol. The van der Waals surface area contributed by atoms with Gasteiger partial charge in [0.15, 0.2) is 11.7 Å². The lowest BCUT2D eigenvalue weighted by Crippen LogP contribution is -2.09. The van der Waals surface area contributed by atoms with E-state index < -0.39 is 5.97 Å². The molecule has 0 saturated heterocycles. The molecule has 5 nitrogen and oxygen atoms in total. The molecular formula is C19H13ClN2O3. The average molecular weight is 353 g/mol. The van der Waals surface area contributed by atoms with E-state index in [-0.39, 0.29) is 17.2 Å². The highest BCUT2D eigenvalue weighted by Gasteiger charge is 2.12. The predicted octanol–water partition coefficient (Wildman–Crippen LogP) is 4.40. The number of aromatic nitrogens is 1. The van der Waals surface area contributed by atoms with Crippen LogP contribution in [0.15, 0.2) is 59.1 Å². The van der Waals surface area contributed by atoms with E-state index in [1.165, 1.54) is 18.2 Å². The van der Waals surface area contributed by atoms with E-state index in [9.17, 15) is 4.79 Å². The van der Waals surface area contributed by atoms with Crippen molar-refractivity contribution in [3.63, 3.8) is 0 Å². The first-order valence-corrected chi connectivity index (χ1v) is 7.94. The van der Waals surface area contributed by atoms with Gasteiger partial charge in [0.1, 0.15) is 5.75 Å². The first-order valence-electron chi connectivity index (χ1n) is 7.56. The van der Waals surface area contributed by atoms with Crippen molar-refractivity contribution in [1.29, 1.82) is 5.26 Å². The van der Waals surface area contributed by atoms with Crippen molar-refractivity contribution < 1.29 is 13.9 Å². The summed E-state index contributed by atoms with van der Waals surface area (Å²) in [7, 11) is 0. The largest absolute Gasteiger partial charge is 0.441 e. The van der Waals surface area contributed by atoms with Gasteiger partial charge in [0.25, 0.3) is 0 Å². The topological polar surface area (TPSA) is 76.1 Å². The maximum absolute atomic E-state index is 12.0. The van der Waals surface area contributed by atoms with E-state index in [0.29, 0.717) is 23.6 Å². The molecule has 124 valence electrons. The van der Waals surface area contributed by atoms with Gasteiger partial charge in [-0.3, -0.25) is 4.79 Å². The van der Waals surface area contributed by atoms with Crippen LogP contribution in [0.3, 0.4) is 0 Å². The number of carbonyl (C=O) groups excluding carboxylic acids is 1. The third kappa shape index (κ3) is 4.25. The second-order valence-corrected chi connectivity index (χ2v) is 5.62. The Kier molecular flexibility index (Phi) is 5.12. The Labute approximate surface area is 149 Å². The van der Waals surface area contributed by atoms with Crippen LogP contribution in [-0.2, 0) is 11.2 Å². The van der Waals surface area contributed by atoms with Gasteiger partial charge >= 0.3 is 5.97 Å². The molecule has 0 saturated carbocycles. The molecule has 0 aliphatic heterocycles. The molecule has 0 spiro atoms. The predicted molar refractivity (Wildman–Crippen MR) is 92.1 cm³/mol. The van der Waals surface area contributed by atoms with Gasteiger partial charge in [-0.2, -0.15) is 5.26 Å². The molecule has 3 aromatic rings. The second kappa shape index (κ2) is 7.65. The zero-order valence-electron chi connectivity index (χ0n) is 13.1. The highest BCUT2D eigenvalue weighted by molar-refractivity contribution is 6.32. The molecule has 0 aliphatic carbocycles. The van der Waals surface area contributed by atoms with Crippen LogP contribution in [0.4, 0.5) is 0 Å². The van der Waals surface area contributed by atoms with Crippen molar-refractivity contribution in [2.75, 3.05) is 0 Å². The first-order chi connectivity index (χ1) is 12.2. The number of esters is 1. The fraction of sp³-hybridized carbons (Fsp3) is 0.105. The SMILES string of the molecule is N#Cc1ccc(OC(=O)CCc2ncc(-c3ccccc3)o2)c(Cl)c1. The number of rotatable bonds is 5. The number of hydrogen-bond donors (Lipinski definition) is 0. The molecule has 6 heteroatoms. The Hall–Kier alpha value is -3.10. The molecule has 0 N–H and O–H groups in total. The molecule has 0 amide bonds. The Morgan fingerprint density at radius 3 is 2.76 bits per heavy atom. The zero-order valence-corrected chi connectivity index (χ0v) is 13.9. The zero-order chi connectivity index (χ0) is 17.6. The molecular weight excluding hydrogens is 340 g/mol. The summed E-state index contributed by atoms with van der Waals surface area (Å²) in [6, 6.07) is 16.0. The molecule has 0 unspecified atom stereocenters. The minimum absolute atomic E-state index is 0.102. The molecule has 0 fully saturated rings. The highest BCUT2D eigenvalue weighted by atomic mass is 35.5. The maximum Gasteiger partial charge on any atom is 0.311 e. The summed E-state index contributed by atoms with van der Waals surface area (Å²) in [6.07, 6.45) is 2.05. The molecule has 0 radical (unpaired) electrons. The summed E-state index contributed by atoms with van der Waals surface area (Å²) < 4.78 is 10.9. The molecule has 0 atom stereocenters. The van der Waals surface area contributed by atoms with Crippen molar-refractivity contribution >= 4 is 17.6 Å². The number of ether oxygens (including phenoxy) is 1. The van der Waals surface area contributed by atoms with Gasteiger partial charge in [-0.05, 0) is 18.2 Å². The number of halogens is 1. The van der Waals surface area contributed by atoms with Crippen LogP contribution in [-0.4, -0.2) is 11.0 Å². The summed E-state index contributed by atoms with van der Waals surface area (Å²) in [4.78, 5) is 16.1. The second-order valence-electron chi connectivity index (χ2n) is 5.22. The minimum Gasteiger partial charge on any atom is -0.441 e. The standard InChI is InChI=1S/C19H13ClN2O3/c20-15-10-13(11-21)6-7-16(15)25-19(23)9-8-18-22-12-17(24-18)14-4-2-1-3-5-14/h1-7,10,12H,8-9H2. The minimum atomic E-state index is -0.453. The number of hydrogen-bond acceptors (Lipinski definition) is 5. The summed E-state index contributed by atoms with van der Waals surface area (Å²) in [5.41, 5.74) is 1.33. The summed E-state index contributed by atoms with van der Waals surface area (Å²) >= 11 is 5.98. The lowest BCUT2D eigenvalue weighted by molar-refractivity contribution is -0.134. The first kappa shape index (κ1) is 16.7. The Bertz CT molecular complexity index is 929. The van der Waals surface area contributed by atoms with Gasteiger partial charge in [-0.15, -0.1) is 0 Å². The van der Waals surface area contributed by atoms with Crippen molar-refractivity contribution in [3.8, 4) is 23.1 Å². The number of carbonyl (C=O) groups is 1. The lowest BCUT2D eigenvalue weighted by atomic mass is 10.2. The molecule has 0 bridgehead atoms. The van der Waals surface area contributed by atoms with E-state index >= 15 is 0 Å². The van der Waals surface area contributed by atoms with Gasteiger partial charge < -0.3 is 9.15 Å². The fourth-order valence-electron chi connectivity index (χ4n) is 2.20. The normalized spacial score (nSPS) is 10.2. The van der Waals surface area contributed by atoms with Crippen molar-refractivity contribution in [1.82, 2.24) is 4.98 Å². The van der Waals surface area contributed by atoms with Crippen LogP contribution >= 0.6 is 11.6 Å². The van der Waals surface area contributed by atoms with Crippen LogP contribution < -0.4 is 4.74 Å². The number of benzene rings is 2. The van der Waals surface area contributed by atoms with Crippen LogP contribution in [0.1, 0.15) is 17.9 Å². The van der Waals surface area contributed by atoms with Crippen LogP contribution in [0, 0.1) is 11.3 Å².